The van der Waals surface area contributed by atoms with Crippen LogP contribution in [0.25, 0.3) is 0 Å². The Morgan fingerprint density at radius 3 is 1.80 bits per heavy atom. The molecule has 5 nitrogen and oxygen atoms in total. The summed E-state index contributed by atoms with van der Waals surface area (Å²) in [5, 5.41) is 8.25. The molecule has 0 aliphatic carbocycles. The van der Waals surface area contributed by atoms with E-state index < -0.39 is 11.4 Å². The van der Waals surface area contributed by atoms with Gasteiger partial charge in [-0.05, 0) is 27.7 Å². The van der Waals surface area contributed by atoms with Crippen LogP contribution in [-0.2, 0) is 14.3 Å². The van der Waals surface area contributed by atoms with Crippen LogP contribution in [0.1, 0.15) is 27.7 Å². The molecule has 0 aliphatic heterocycles. The molecule has 0 radical (unpaired) electrons. The number of carboxylic acids is 1. The Morgan fingerprint density at radius 2 is 1.73 bits per heavy atom. The first-order chi connectivity index (χ1) is 6.25. The Kier molecular flexibility index (Phi) is 11.8. The second-order valence-corrected chi connectivity index (χ2v) is 3.51. The summed E-state index contributed by atoms with van der Waals surface area (Å²) in [6, 6.07) is 0. The van der Waals surface area contributed by atoms with Gasteiger partial charge in [0.05, 0.1) is 12.0 Å². The molecule has 0 spiro atoms. The largest absolute Gasteiger partial charge is 0.481 e. The van der Waals surface area contributed by atoms with Gasteiger partial charge in [-0.25, -0.2) is 4.79 Å². The summed E-state index contributed by atoms with van der Waals surface area (Å²) in [5.41, 5.74) is -0.583. The van der Waals surface area contributed by atoms with Crippen molar-refractivity contribution in [3.05, 3.63) is 12.7 Å². The fourth-order valence-electron chi connectivity index (χ4n) is 0.201. The molecule has 0 atom stereocenters. The normalized spacial score (nSPS) is 8.80. The van der Waals surface area contributed by atoms with Crippen molar-refractivity contribution < 1.29 is 19.4 Å². The zero-order valence-electron chi connectivity index (χ0n) is 9.87. The molecular formula is C10H21NO4. The van der Waals surface area contributed by atoms with Gasteiger partial charge in [-0.1, -0.05) is 6.58 Å². The van der Waals surface area contributed by atoms with E-state index in [4.69, 9.17) is 5.11 Å². The Balaban J connectivity index is -0.000000180. The first kappa shape index (κ1) is 19.2. The van der Waals surface area contributed by atoms with E-state index in [1.165, 1.54) is 0 Å². The average molecular weight is 219 g/mol. The molecule has 0 fully saturated rings. The van der Waals surface area contributed by atoms with Crippen LogP contribution in [-0.4, -0.2) is 23.7 Å². The van der Waals surface area contributed by atoms with Gasteiger partial charge in [0.2, 0.25) is 0 Å². The van der Waals surface area contributed by atoms with Crippen LogP contribution in [0.2, 0.25) is 0 Å². The van der Waals surface area contributed by atoms with Gasteiger partial charge in [0.25, 0.3) is 0 Å². The molecule has 90 valence electrons. The number of carbonyl (C=O) groups excluding carboxylic acids is 1. The number of ether oxygens (including phenoxy) is 1. The van der Waals surface area contributed by atoms with Crippen molar-refractivity contribution in [2.75, 3.05) is 6.61 Å². The summed E-state index contributed by atoms with van der Waals surface area (Å²) in [5.74, 6) is -1.12. The second-order valence-electron chi connectivity index (χ2n) is 3.51. The molecule has 0 heterocycles. The Hall–Kier alpha value is -1.36. The molecule has 0 saturated carbocycles. The molecule has 5 heteroatoms. The topological polar surface area (TPSA) is 98.6 Å². The molecule has 15 heavy (non-hydrogen) atoms. The maximum Gasteiger partial charge on any atom is 0.330 e. The highest BCUT2D eigenvalue weighted by atomic mass is 16.5. The molecule has 0 bridgehead atoms. The molecule has 0 saturated heterocycles. The van der Waals surface area contributed by atoms with Gasteiger partial charge in [-0.2, -0.15) is 0 Å². The lowest BCUT2D eigenvalue weighted by molar-refractivity contribution is -0.145. The maximum atomic E-state index is 10.1. The number of carboxylic acid groups (broad SMARTS) is 1. The fraction of sp³-hybridized carbons (Fsp3) is 0.600. The highest BCUT2D eigenvalue weighted by Gasteiger charge is 2.18. The summed E-state index contributed by atoms with van der Waals surface area (Å²) in [6.45, 7) is 10.4. The van der Waals surface area contributed by atoms with Gasteiger partial charge in [0, 0.05) is 6.08 Å². The first-order valence-electron chi connectivity index (χ1n) is 4.28. The standard InChI is InChI=1S/C5H10O2.C5H8O2.H3N/c1-5(2,3)4(6)7;1-3-5(6)7-4-2;/h1-3H3,(H,6,7);3H,1,4H2,2H3;1H3. The molecule has 4 N–H and O–H groups in total. The Morgan fingerprint density at radius 1 is 1.40 bits per heavy atom. The van der Waals surface area contributed by atoms with Crippen LogP contribution in [0.5, 0.6) is 0 Å². The molecule has 0 aromatic heterocycles. The quantitative estimate of drug-likeness (QED) is 0.546. The van der Waals surface area contributed by atoms with Crippen LogP contribution in [0, 0.1) is 5.41 Å². The van der Waals surface area contributed by atoms with Crippen molar-refractivity contribution in [3.8, 4) is 0 Å². The lowest BCUT2D eigenvalue weighted by Crippen LogP contribution is -2.18. The number of aliphatic carboxylic acids is 1. The van der Waals surface area contributed by atoms with Gasteiger partial charge in [-0.15, -0.1) is 0 Å². The van der Waals surface area contributed by atoms with Gasteiger partial charge in [0.1, 0.15) is 0 Å². The predicted octanol–water partition coefficient (Wildman–Crippen LogP) is 2.01. The summed E-state index contributed by atoms with van der Waals surface area (Å²) < 4.78 is 4.43. The Labute approximate surface area is 90.7 Å². The van der Waals surface area contributed by atoms with E-state index in [1.54, 1.807) is 27.7 Å². The van der Waals surface area contributed by atoms with E-state index in [1.807, 2.05) is 0 Å². The van der Waals surface area contributed by atoms with Crippen molar-refractivity contribution >= 4 is 11.9 Å². The van der Waals surface area contributed by atoms with Crippen LogP contribution in [0.4, 0.5) is 0 Å². The number of rotatable bonds is 2. The maximum absolute atomic E-state index is 10.1. The van der Waals surface area contributed by atoms with Crippen molar-refractivity contribution in [2.45, 2.75) is 27.7 Å². The molecule has 0 unspecified atom stereocenters. The van der Waals surface area contributed by atoms with Crippen molar-refractivity contribution in [3.63, 3.8) is 0 Å². The SMILES string of the molecule is C=CC(=O)OCC.CC(C)(C)C(=O)O.N. The third-order valence-electron chi connectivity index (χ3n) is 1.09. The number of hydrogen-bond acceptors (Lipinski definition) is 4. The summed E-state index contributed by atoms with van der Waals surface area (Å²) in [6.07, 6.45) is 1.14. The van der Waals surface area contributed by atoms with E-state index >= 15 is 0 Å². The lowest BCUT2D eigenvalue weighted by atomic mass is 9.98. The van der Waals surface area contributed by atoms with Gasteiger partial charge in [-0.3, -0.25) is 4.79 Å². The summed E-state index contributed by atoms with van der Waals surface area (Å²) in [7, 11) is 0. The highest BCUT2D eigenvalue weighted by Crippen LogP contribution is 2.11. The van der Waals surface area contributed by atoms with E-state index in [0.717, 1.165) is 6.08 Å². The van der Waals surface area contributed by atoms with E-state index in [-0.39, 0.29) is 12.1 Å². The van der Waals surface area contributed by atoms with Crippen LogP contribution in [0.15, 0.2) is 12.7 Å². The molecular weight excluding hydrogens is 198 g/mol. The minimum Gasteiger partial charge on any atom is -0.481 e. The van der Waals surface area contributed by atoms with Crippen LogP contribution in [0.3, 0.4) is 0 Å². The van der Waals surface area contributed by atoms with Crippen molar-refractivity contribution in [1.82, 2.24) is 6.15 Å². The number of hydrogen-bond donors (Lipinski definition) is 2. The average Bonchev–Trinajstić information content (AvgIpc) is 2.04. The predicted molar refractivity (Wildman–Crippen MR) is 58.9 cm³/mol. The Bertz CT molecular complexity index is 206. The van der Waals surface area contributed by atoms with E-state index in [0.29, 0.717) is 6.61 Å². The minimum absolute atomic E-state index is 0. The lowest BCUT2D eigenvalue weighted by Gasteiger charge is -2.08. The summed E-state index contributed by atoms with van der Waals surface area (Å²) in [4.78, 5) is 20.1. The number of carbonyl (C=O) groups is 2. The minimum atomic E-state index is -0.757. The molecule has 0 amide bonds. The van der Waals surface area contributed by atoms with E-state index in [9.17, 15) is 9.59 Å². The molecule has 0 aromatic carbocycles. The first-order valence-corrected chi connectivity index (χ1v) is 4.28. The van der Waals surface area contributed by atoms with E-state index in [2.05, 4.69) is 11.3 Å². The third kappa shape index (κ3) is 15.4. The summed E-state index contributed by atoms with van der Waals surface area (Å²) >= 11 is 0. The van der Waals surface area contributed by atoms with Gasteiger partial charge < -0.3 is 16.0 Å². The molecule has 0 rings (SSSR count). The number of esters is 1. The zero-order chi connectivity index (χ0) is 11.8. The van der Waals surface area contributed by atoms with Crippen molar-refractivity contribution in [2.24, 2.45) is 5.41 Å². The van der Waals surface area contributed by atoms with Crippen LogP contribution < -0.4 is 6.15 Å². The van der Waals surface area contributed by atoms with Gasteiger partial charge in [0.15, 0.2) is 0 Å². The van der Waals surface area contributed by atoms with Gasteiger partial charge >= 0.3 is 11.9 Å². The van der Waals surface area contributed by atoms with Crippen molar-refractivity contribution in [1.29, 1.82) is 0 Å². The fourth-order valence-corrected chi connectivity index (χ4v) is 0.201. The smallest absolute Gasteiger partial charge is 0.330 e. The van der Waals surface area contributed by atoms with Crippen LogP contribution >= 0.6 is 0 Å². The molecule has 0 aromatic rings. The monoisotopic (exact) mass is 219 g/mol. The zero-order valence-corrected chi connectivity index (χ0v) is 9.87. The third-order valence-corrected chi connectivity index (χ3v) is 1.09. The highest BCUT2D eigenvalue weighted by molar-refractivity contribution is 5.81. The second kappa shape index (κ2) is 9.21. The molecule has 0 aliphatic rings.